The highest BCUT2D eigenvalue weighted by Crippen LogP contribution is 2.35. The fraction of sp³-hybridized carbons (Fsp3) is 0.143. The lowest BCUT2D eigenvalue weighted by Crippen LogP contribution is -2.03. The van der Waals surface area contributed by atoms with Gasteiger partial charge in [0.05, 0.1) is 23.4 Å². The van der Waals surface area contributed by atoms with E-state index in [1.54, 1.807) is 18.4 Å². The van der Waals surface area contributed by atoms with Gasteiger partial charge in [0, 0.05) is 5.56 Å². The first-order valence-corrected chi connectivity index (χ1v) is 8.91. The van der Waals surface area contributed by atoms with Crippen molar-refractivity contribution in [3.05, 3.63) is 71.2 Å². The van der Waals surface area contributed by atoms with Crippen molar-refractivity contribution >= 4 is 32.3 Å². The van der Waals surface area contributed by atoms with Crippen LogP contribution in [-0.4, -0.2) is 12.1 Å². The summed E-state index contributed by atoms with van der Waals surface area (Å²) in [6.45, 7) is 0. The van der Waals surface area contributed by atoms with Gasteiger partial charge in [-0.2, -0.15) is 5.26 Å². The summed E-state index contributed by atoms with van der Waals surface area (Å²) < 4.78 is 6.68. The number of nitrogens with zero attached hydrogens (tertiary/aromatic N) is 2. The number of methoxy groups -OCH3 is 1. The minimum atomic E-state index is -0.294. The zero-order valence-electron chi connectivity index (χ0n) is 13.8. The Balaban J connectivity index is 1.79. The maximum atomic E-state index is 9.78. The van der Waals surface area contributed by atoms with E-state index in [1.807, 2.05) is 42.5 Å². The molecule has 0 aliphatic heterocycles. The average molecular weight is 344 g/mol. The van der Waals surface area contributed by atoms with Crippen LogP contribution in [0.3, 0.4) is 0 Å². The molecule has 1 aromatic heterocycles. The van der Waals surface area contributed by atoms with Crippen LogP contribution in [-0.2, 0) is 6.42 Å². The van der Waals surface area contributed by atoms with Crippen LogP contribution in [0, 0.1) is 11.3 Å². The lowest BCUT2D eigenvalue weighted by molar-refractivity contribution is 0.410. The summed E-state index contributed by atoms with van der Waals surface area (Å²) in [5.41, 5.74) is 2.01. The Hall–Kier alpha value is -2.90. The predicted molar refractivity (Wildman–Crippen MR) is 102 cm³/mol. The van der Waals surface area contributed by atoms with Crippen molar-refractivity contribution in [1.82, 2.24) is 4.98 Å². The largest absolute Gasteiger partial charge is 0.496 e. The number of fused-ring (bicyclic) bond motifs is 2. The highest BCUT2D eigenvalue weighted by atomic mass is 32.1. The van der Waals surface area contributed by atoms with E-state index in [-0.39, 0.29) is 5.92 Å². The van der Waals surface area contributed by atoms with E-state index in [1.165, 1.54) is 0 Å². The second-order valence-electron chi connectivity index (χ2n) is 5.87. The number of benzene rings is 3. The van der Waals surface area contributed by atoms with Crippen LogP contribution in [0.25, 0.3) is 21.0 Å². The topological polar surface area (TPSA) is 45.9 Å². The van der Waals surface area contributed by atoms with Crippen molar-refractivity contribution in [3.8, 4) is 11.8 Å². The second kappa shape index (κ2) is 6.54. The van der Waals surface area contributed by atoms with Gasteiger partial charge in [0.15, 0.2) is 0 Å². The molecule has 0 unspecified atom stereocenters. The van der Waals surface area contributed by atoms with E-state index in [0.29, 0.717) is 6.42 Å². The molecule has 0 radical (unpaired) electrons. The summed E-state index contributed by atoms with van der Waals surface area (Å²) >= 11 is 1.59. The molecule has 0 amide bonds. The Kier molecular flexibility index (Phi) is 4.09. The van der Waals surface area contributed by atoms with Crippen molar-refractivity contribution in [3.63, 3.8) is 0 Å². The van der Waals surface area contributed by atoms with Gasteiger partial charge in [-0.1, -0.05) is 42.5 Å². The minimum absolute atomic E-state index is 0.294. The molecule has 0 aliphatic rings. The number of hydrogen-bond donors (Lipinski definition) is 0. The van der Waals surface area contributed by atoms with Gasteiger partial charge < -0.3 is 4.74 Å². The Labute approximate surface area is 150 Å². The monoisotopic (exact) mass is 344 g/mol. The molecule has 0 spiro atoms. The third-order valence-corrected chi connectivity index (χ3v) is 5.54. The number of nitriles is 1. The van der Waals surface area contributed by atoms with Crippen molar-refractivity contribution in [2.75, 3.05) is 7.11 Å². The maximum Gasteiger partial charge on any atom is 0.122 e. The molecule has 25 heavy (non-hydrogen) atoms. The van der Waals surface area contributed by atoms with Crippen LogP contribution in [0.15, 0.2) is 60.7 Å². The smallest absolute Gasteiger partial charge is 0.122 e. The molecule has 4 heteroatoms. The van der Waals surface area contributed by atoms with Gasteiger partial charge in [-0.05, 0) is 35.4 Å². The van der Waals surface area contributed by atoms with E-state index in [2.05, 4.69) is 29.3 Å². The highest BCUT2D eigenvalue weighted by Gasteiger charge is 2.20. The maximum absolute atomic E-state index is 9.78. The number of para-hydroxylation sites is 1. The first kappa shape index (κ1) is 15.6. The molecule has 4 aromatic rings. The third-order valence-electron chi connectivity index (χ3n) is 4.39. The predicted octanol–water partition coefficient (Wildman–Crippen LogP) is 5.31. The summed E-state index contributed by atoms with van der Waals surface area (Å²) in [4.78, 5) is 4.67. The van der Waals surface area contributed by atoms with Gasteiger partial charge in [-0.3, -0.25) is 0 Å². The molecular weight excluding hydrogens is 328 g/mol. The van der Waals surface area contributed by atoms with Gasteiger partial charge in [0.1, 0.15) is 16.7 Å². The molecule has 0 saturated carbocycles. The summed E-state index contributed by atoms with van der Waals surface area (Å²) in [5, 5.41) is 12.9. The zero-order valence-corrected chi connectivity index (χ0v) is 14.6. The minimum Gasteiger partial charge on any atom is -0.496 e. The van der Waals surface area contributed by atoms with Crippen LogP contribution >= 0.6 is 11.3 Å². The fourth-order valence-electron chi connectivity index (χ4n) is 3.15. The fourth-order valence-corrected chi connectivity index (χ4v) is 4.16. The standard InChI is InChI=1S/C21H16N2OS/c1-24-19-11-10-14-6-2-3-7-16(14)17(19)12-15(13-22)21-23-18-8-4-5-9-20(18)25-21/h2-11,15H,12H2,1H3/t15-/m0/s1. The summed E-state index contributed by atoms with van der Waals surface area (Å²) in [6, 6.07) is 22.7. The molecule has 0 saturated heterocycles. The third kappa shape index (κ3) is 2.84. The lowest BCUT2D eigenvalue weighted by atomic mass is 9.95. The Morgan fingerprint density at radius 1 is 1.08 bits per heavy atom. The first-order chi connectivity index (χ1) is 12.3. The van der Waals surface area contributed by atoms with Gasteiger partial charge >= 0.3 is 0 Å². The molecule has 122 valence electrons. The van der Waals surface area contributed by atoms with E-state index < -0.39 is 0 Å². The van der Waals surface area contributed by atoms with Crippen LogP contribution in [0.1, 0.15) is 16.5 Å². The van der Waals surface area contributed by atoms with Crippen LogP contribution < -0.4 is 4.74 Å². The van der Waals surface area contributed by atoms with E-state index in [4.69, 9.17) is 4.74 Å². The molecule has 0 fully saturated rings. The van der Waals surface area contributed by atoms with Gasteiger partial charge in [0.2, 0.25) is 0 Å². The SMILES string of the molecule is COc1ccc2ccccc2c1C[C@@H](C#N)c1nc2ccccc2s1. The first-order valence-electron chi connectivity index (χ1n) is 8.10. The van der Waals surface area contributed by atoms with Crippen LogP contribution in [0.4, 0.5) is 0 Å². The normalized spacial score (nSPS) is 12.2. The van der Waals surface area contributed by atoms with Crippen molar-refractivity contribution < 1.29 is 4.74 Å². The molecular formula is C21H16N2OS. The van der Waals surface area contributed by atoms with Crippen LogP contribution in [0.5, 0.6) is 5.75 Å². The highest BCUT2D eigenvalue weighted by molar-refractivity contribution is 7.18. The van der Waals surface area contributed by atoms with Gasteiger partial charge in [-0.25, -0.2) is 4.98 Å². The van der Waals surface area contributed by atoms with Crippen molar-refractivity contribution in [1.29, 1.82) is 5.26 Å². The molecule has 1 atom stereocenters. The zero-order chi connectivity index (χ0) is 17.2. The number of ether oxygens (including phenoxy) is 1. The summed E-state index contributed by atoms with van der Waals surface area (Å²) in [6.07, 6.45) is 0.584. The number of thiazole rings is 1. The summed E-state index contributed by atoms with van der Waals surface area (Å²) in [7, 11) is 1.67. The van der Waals surface area contributed by atoms with Crippen molar-refractivity contribution in [2.45, 2.75) is 12.3 Å². The number of rotatable bonds is 4. The van der Waals surface area contributed by atoms with Crippen molar-refractivity contribution in [2.24, 2.45) is 0 Å². The number of aromatic nitrogens is 1. The molecule has 0 bridgehead atoms. The lowest BCUT2D eigenvalue weighted by Gasteiger charge is -2.14. The Morgan fingerprint density at radius 3 is 2.68 bits per heavy atom. The Morgan fingerprint density at radius 2 is 1.88 bits per heavy atom. The van der Waals surface area contributed by atoms with E-state index in [9.17, 15) is 5.26 Å². The molecule has 4 rings (SSSR count). The Bertz CT molecular complexity index is 1060. The van der Waals surface area contributed by atoms with E-state index >= 15 is 0 Å². The van der Waals surface area contributed by atoms with Gasteiger partial charge in [-0.15, -0.1) is 11.3 Å². The molecule has 3 nitrogen and oxygen atoms in total. The average Bonchev–Trinajstić information content (AvgIpc) is 3.09. The quantitative estimate of drug-likeness (QED) is 0.504. The van der Waals surface area contributed by atoms with Crippen LogP contribution in [0.2, 0.25) is 0 Å². The second-order valence-corrected chi connectivity index (χ2v) is 6.94. The molecule has 1 heterocycles. The van der Waals surface area contributed by atoms with E-state index in [0.717, 1.165) is 37.3 Å². The van der Waals surface area contributed by atoms with Gasteiger partial charge in [0.25, 0.3) is 0 Å². The molecule has 0 aliphatic carbocycles. The number of hydrogen-bond acceptors (Lipinski definition) is 4. The summed E-state index contributed by atoms with van der Waals surface area (Å²) in [5.74, 6) is 0.525. The molecule has 3 aromatic carbocycles. The molecule has 0 N–H and O–H groups in total.